The van der Waals surface area contributed by atoms with Crippen molar-refractivity contribution in [2.75, 3.05) is 41.3 Å². The highest BCUT2D eigenvalue weighted by Crippen LogP contribution is 1.93. The van der Waals surface area contributed by atoms with Gasteiger partial charge >= 0.3 is 0 Å². The molecule has 0 aliphatic carbocycles. The van der Waals surface area contributed by atoms with Crippen molar-refractivity contribution >= 4 is 11.9 Å². The fourth-order valence-electron chi connectivity index (χ4n) is 1.39. The second kappa shape index (κ2) is 8.84. The number of guanidine groups is 1. The van der Waals surface area contributed by atoms with Gasteiger partial charge in [0.15, 0.2) is 5.96 Å². The molecule has 1 N–H and O–H groups in total. The Balaban J connectivity index is 3.95. The topological polar surface area (TPSA) is 47.9 Å². The smallest absolute Gasteiger partial charge is 0.223 e. The Morgan fingerprint density at radius 1 is 1.29 bits per heavy atom. The van der Waals surface area contributed by atoms with Crippen molar-refractivity contribution in [1.29, 1.82) is 0 Å². The minimum atomic E-state index is 0.129. The van der Waals surface area contributed by atoms with Crippen LogP contribution in [0.2, 0.25) is 0 Å². The van der Waals surface area contributed by atoms with Crippen molar-refractivity contribution in [2.24, 2.45) is 4.99 Å². The maximum atomic E-state index is 11.4. The Morgan fingerprint density at radius 3 is 2.41 bits per heavy atom. The van der Waals surface area contributed by atoms with Gasteiger partial charge in [0.2, 0.25) is 5.91 Å². The van der Waals surface area contributed by atoms with Crippen molar-refractivity contribution in [2.45, 2.75) is 26.2 Å². The van der Waals surface area contributed by atoms with Gasteiger partial charge in [0.05, 0.1) is 0 Å². The number of nitrogens with one attached hydrogen (secondary N) is 1. The maximum Gasteiger partial charge on any atom is 0.223 e. The number of carbonyl (C=O) groups excluding carboxylic acids is 1. The molecule has 0 atom stereocenters. The Morgan fingerprint density at radius 2 is 1.94 bits per heavy atom. The number of hydrogen-bond acceptors (Lipinski definition) is 2. The summed E-state index contributed by atoms with van der Waals surface area (Å²) >= 11 is 0. The third-order valence-corrected chi connectivity index (χ3v) is 2.54. The Hall–Kier alpha value is -1.26. The van der Waals surface area contributed by atoms with Gasteiger partial charge in [-0.2, -0.15) is 0 Å². The van der Waals surface area contributed by atoms with Crippen LogP contribution in [0.5, 0.6) is 0 Å². The van der Waals surface area contributed by atoms with E-state index in [-0.39, 0.29) is 5.91 Å². The van der Waals surface area contributed by atoms with Crippen LogP contribution in [0.3, 0.4) is 0 Å². The van der Waals surface area contributed by atoms with E-state index in [1.807, 2.05) is 7.05 Å². The molecule has 0 saturated carbocycles. The predicted octanol–water partition coefficient (Wildman–Crippen LogP) is 0.772. The molecule has 0 rings (SSSR count). The lowest BCUT2D eigenvalue weighted by molar-refractivity contribution is -0.128. The van der Waals surface area contributed by atoms with Crippen LogP contribution in [0.15, 0.2) is 4.99 Å². The number of aliphatic imine (C=N–C) groups is 1. The highest BCUT2D eigenvalue weighted by atomic mass is 16.2. The normalized spacial score (nSPS) is 11.2. The first-order valence-electron chi connectivity index (χ1n) is 6.14. The van der Waals surface area contributed by atoms with Gasteiger partial charge in [-0.15, -0.1) is 0 Å². The minimum absolute atomic E-state index is 0.129. The molecular formula is C12H26N4O. The molecule has 0 spiro atoms. The number of unbranched alkanes of at least 4 members (excludes halogenated alkanes) is 1. The standard InChI is InChI=1S/C12H26N4O/c1-6-7-10-16(5)12(13-2)14-9-8-11(17)15(3)4/h6-10H2,1-5H3,(H,13,14). The Labute approximate surface area is 105 Å². The first kappa shape index (κ1) is 15.7. The van der Waals surface area contributed by atoms with E-state index in [1.54, 1.807) is 26.0 Å². The third kappa shape index (κ3) is 6.81. The molecular weight excluding hydrogens is 216 g/mol. The van der Waals surface area contributed by atoms with E-state index in [2.05, 4.69) is 22.1 Å². The van der Waals surface area contributed by atoms with E-state index in [4.69, 9.17) is 0 Å². The van der Waals surface area contributed by atoms with Crippen LogP contribution >= 0.6 is 0 Å². The molecule has 1 amide bonds. The molecule has 0 aromatic rings. The van der Waals surface area contributed by atoms with Gasteiger partial charge in [-0.1, -0.05) is 13.3 Å². The number of rotatable bonds is 6. The summed E-state index contributed by atoms with van der Waals surface area (Å²) in [5.74, 6) is 0.981. The lowest BCUT2D eigenvalue weighted by Crippen LogP contribution is -2.40. The van der Waals surface area contributed by atoms with Crippen molar-refractivity contribution in [3.63, 3.8) is 0 Å². The molecule has 17 heavy (non-hydrogen) atoms. The summed E-state index contributed by atoms with van der Waals surface area (Å²) in [7, 11) is 7.31. The molecule has 0 heterocycles. The minimum Gasteiger partial charge on any atom is -0.356 e. The van der Waals surface area contributed by atoms with E-state index in [0.717, 1.165) is 18.9 Å². The van der Waals surface area contributed by atoms with E-state index in [9.17, 15) is 4.79 Å². The monoisotopic (exact) mass is 242 g/mol. The molecule has 0 radical (unpaired) electrons. The van der Waals surface area contributed by atoms with Gasteiger partial charge in [0.25, 0.3) is 0 Å². The predicted molar refractivity (Wildman–Crippen MR) is 72.2 cm³/mol. The molecule has 0 aromatic carbocycles. The highest BCUT2D eigenvalue weighted by molar-refractivity contribution is 5.81. The van der Waals surface area contributed by atoms with Gasteiger partial charge in [-0.25, -0.2) is 0 Å². The van der Waals surface area contributed by atoms with Crippen LogP contribution in [-0.4, -0.2) is 62.9 Å². The highest BCUT2D eigenvalue weighted by Gasteiger charge is 2.07. The second-order valence-electron chi connectivity index (χ2n) is 4.29. The van der Waals surface area contributed by atoms with Crippen molar-refractivity contribution < 1.29 is 4.79 Å². The lowest BCUT2D eigenvalue weighted by atomic mass is 10.3. The number of amides is 1. The van der Waals surface area contributed by atoms with Crippen molar-refractivity contribution in [3.05, 3.63) is 0 Å². The average molecular weight is 242 g/mol. The van der Waals surface area contributed by atoms with E-state index >= 15 is 0 Å². The molecule has 100 valence electrons. The molecule has 5 heteroatoms. The first-order chi connectivity index (χ1) is 8.02. The van der Waals surface area contributed by atoms with Crippen molar-refractivity contribution in [1.82, 2.24) is 15.1 Å². The van der Waals surface area contributed by atoms with E-state index < -0.39 is 0 Å². The first-order valence-corrected chi connectivity index (χ1v) is 6.14. The van der Waals surface area contributed by atoms with Crippen LogP contribution in [0.1, 0.15) is 26.2 Å². The van der Waals surface area contributed by atoms with Crippen molar-refractivity contribution in [3.8, 4) is 0 Å². The molecule has 0 aromatic heterocycles. The fourth-order valence-corrected chi connectivity index (χ4v) is 1.39. The largest absolute Gasteiger partial charge is 0.356 e. The van der Waals surface area contributed by atoms with Crippen LogP contribution < -0.4 is 5.32 Å². The molecule has 0 aliphatic heterocycles. The van der Waals surface area contributed by atoms with Crippen LogP contribution in [0, 0.1) is 0 Å². The zero-order valence-corrected chi connectivity index (χ0v) is 11.8. The van der Waals surface area contributed by atoms with Gasteiger partial charge in [-0.3, -0.25) is 9.79 Å². The Bertz CT molecular complexity index is 251. The summed E-state index contributed by atoms with van der Waals surface area (Å²) in [4.78, 5) is 19.3. The summed E-state index contributed by atoms with van der Waals surface area (Å²) in [6, 6.07) is 0. The molecule has 0 saturated heterocycles. The van der Waals surface area contributed by atoms with Gasteiger partial charge in [0.1, 0.15) is 0 Å². The zero-order chi connectivity index (χ0) is 13.3. The van der Waals surface area contributed by atoms with Gasteiger partial charge < -0.3 is 15.1 Å². The summed E-state index contributed by atoms with van der Waals surface area (Å²) in [6.07, 6.45) is 2.81. The SMILES string of the molecule is CCCCN(C)C(=NC)NCCC(=O)N(C)C. The van der Waals surface area contributed by atoms with Crippen LogP contribution in [0.25, 0.3) is 0 Å². The summed E-state index contributed by atoms with van der Waals surface area (Å²) in [5.41, 5.74) is 0. The number of carbonyl (C=O) groups is 1. The van der Waals surface area contributed by atoms with Gasteiger partial charge in [-0.05, 0) is 6.42 Å². The number of hydrogen-bond donors (Lipinski definition) is 1. The van der Waals surface area contributed by atoms with E-state index in [1.165, 1.54) is 6.42 Å². The molecule has 5 nitrogen and oxygen atoms in total. The van der Waals surface area contributed by atoms with E-state index in [0.29, 0.717) is 13.0 Å². The molecule has 0 bridgehead atoms. The quantitative estimate of drug-likeness (QED) is 0.553. The lowest BCUT2D eigenvalue weighted by Gasteiger charge is -2.22. The fraction of sp³-hybridized carbons (Fsp3) is 0.833. The second-order valence-corrected chi connectivity index (χ2v) is 4.29. The van der Waals surface area contributed by atoms with Crippen LogP contribution in [0.4, 0.5) is 0 Å². The third-order valence-electron chi connectivity index (χ3n) is 2.54. The summed E-state index contributed by atoms with van der Waals surface area (Å²) in [5, 5.41) is 3.19. The maximum absolute atomic E-state index is 11.4. The summed E-state index contributed by atoms with van der Waals surface area (Å²) < 4.78 is 0. The number of nitrogens with zero attached hydrogens (tertiary/aromatic N) is 3. The Kier molecular flexibility index (Phi) is 8.19. The molecule has 0 fully saturated rings. The molecule has 0 unspecified atom stereocenters. The average Bonchev–Trinajstić information content (AvgIpc) is 2.31. The molecule has 0 aliphatic rings. The van der Waals surface area contributed by atoms with Crippen LogP contribution in [-0.2, 0) is 4.79 Å². The summed E-state index contributed by atoms with van der Waals surface area (Å²) in [6.45, 7) is 3.78. The van der Waals surface area contributed by atoms with Gasteiger partial charge in [0, 0.05) is 47.7 Å². The zero-order valence-electron chi connectivity index (χ0n) is 11.8.